The number of rotatable bonds is 8. The van der Waals surface area contributed by atoms with Gasteiger partial charge in [0.2, 0.25) is 0 Å². The van der Waals surface area contributed by atoms with E-state index in [1.54, 1.807) is 12.1 Å². The lowest BCUT2D eigenvalue weighted by Gasteiger charge is -2.19. The normalized spacial score (nSPS) is 14.7. The molecule has 1 aliphatic rings. The van der Waals surface area contributed by atoms with Gasteiger partial charge in [-0.1, -0.05) is 88.4 Å². The van der Waals surface area contributed by atoms with Crippen LogP contribution < -0.4 is 0 Å². The van der Waals surface area contributed by atoms with Crippen LogP contribution in [-0.4, -0.2) is 25.8 Å². The Balaban J connectivity index is 1.53. The molecule has 5 nitrogen and oxygen atoms in total. The topological polar surface area (TPSA) is 68.0 Å². The molecule has 4 rings (SSSR count). The first-order chi connectivity index (χ1) is 15.5. The summed E-state index contributed by atoms with van der Waals surface area (Å²) in [5.74, 6) is 2.33. The Morgan fingerprint density at radius 3 is 2.47 bits per heavy atom. The highest BCUT2D eigenvalue weighted by atomic mass is 16.4. The van der Waals surface area contributed by atoms with E-state index in [2.05, 4.69) is 30.7 Å². The van der Waals surface area contributed by atoms with Crippen molar-refractivity contribution in [1.29, 1.82) is 0 Å². The van der Waals surface area contributed by atoms with Gasteiger partial charge in [-0.25, -0.2) is 14.5 Å². The van der Waals surface area contributed by atoms with Gasteiger partial charge in [0.1, 0.15) is 5.82 Å². The highest BCUT2D eigenvalue weighted by molar-refractivity contribution is 5.95. The maximum absolute atomic E-state index is 11.6. The van der Waals surface area contributed by atoms with Crippen LogP contribution in [0.4, 0.5) is 0 Å². The van der Waals surface area contributed by atoms with Crippen LogP contribution in [0, 0.1) is 11.8 Å². The van der Waals surface area contributed by atoms with Crippen molar-refractivity contribution in [2.45, 2.75) is 65.3 Å². The number of benzene rings is 2. The fraction of sp³-hybridized carbons (Fsp3) is 0.444. The second kappa shape index (κ2) is 10.1. The van der Waals surface area contributed by atoms with E-state index < -0.39 is 5.97 Å². The maximum Gasteiger partial charge on any atom is 0.336 e. The standard InChI is InChI=1S/C27H33N3O2/c1-19(2)18-30-26(28-25(29-30)16-20-8-4-3-5-9-20)17-21-12-14-22(15-13-21)23-10-6-7-11-24(23)27(31)32/h6-7,10-15,19-20H,3-5,8-9,16-18H2,1-2H3,(H,31,32). The van der Waals surface area contributed by atoms with E-state index in [1.807, 2.05) is 24.3 Å². The van der Waals surface area contributed by atoms with Crippen molar-refractivity contribution in [2.75, 3.05) is 0 Å². The third-order valence-electron chi connectivity index (χ3n) is 6.31. The molecule has 1 saturated carbocycles. The van der Waals surface area contributed by atoms with Gasteiger partial charge < -0.3 is 5.11 Å². The molecule has 0 saturated heterocycles. The molecule has 1 aliphatic carbocycles. The number of carboxylic acids is 1. The number of aromatic carboxylic acids is 1. The predicted molar refractivity (Wildman–Crippen MR) is 127 cm³/mol. The minimum atomic E-state index is -0.906. The third kappa shape index (κ3) is 5.45. The zero-order chi connectivity index (χ0) is 22.5. The Morgan fingerprint density at radius 1 is 1.06 bits per heavy atom. The highest BCUT2D eigenvalue weighted by Gasteiger charge is 2.19. The van der Waals surface area contributed by atoms with E-state index in [0.29, 0.717) is 11.5 Å². The summed E-state index contributed by atoms with van der Waals surface area (Å²) in [7, 11) is 0. The molecule has 3 aromatic rings. The lowest BCUT2D eigenvalue weighted by molar-refractivity contribution is 0.0697. The van der Waals surface area contributed by atoms with Gasteiger partial charge in [-0.3, -0.25) is 0 Å². The van der Waals surface area contributed by atoms with Crippen LogP contribution in [0.25, 0.3) is 11.1 Å². The zero-order valence-electron chi connectivity index (χ0n) is 19.1. The fourth-order valence-electron chi connectivity index (χ4n) is 4.69. The van der Waals surface area contributed by atoms with Gasteiger partial charge in [0.15, 0.2) is 5.82 Å². The van der Waals surface area contributed by atoms with Crippen LogP contribution in [0.3, 0.4) is 0 Å². The van der Waals surface area contributed by atoms with Crippen LogP contribution in [0.2, 0.25) is 0 Å². The van der Waals surface area contributed by atoms with Crippen molar-refractivity contribution in [3.8, 4) is 11.1 Å². The van der Waals surface area contributed by atoms with Gasteiger partial charge in [-0.15, -0.1) is 0 Å². The largest absolute Gasteiger partial charge is 0.478 e. The van der Waals surface area contributed by atoms with E-state index in [1.165, 1.54) is 32.1 Å². The second-order valence-electron chi connectivity index (χ2n) is 9.45. The van der Waals surface area contributed by atoms with Crippen molar-refractivity contribution in [3.63, 3.8) is 0 Å². The second-order valence-corrected chi connectivity index (χ2v) is 9.45. The quantitative estimate of drug-likeness (QED) is 0.474. The third-order valence-corrected chi connectivity index (χ3v) is 6.31. The average molecular weight is 432 g/mol. The smallest absolute Gasteiger partial charge is 0.336 e. The summed E-state index contributed by atoms with van der Waals surface area (Å²) in [5, 5.41) is 14.4. The van der Waals surface area contributed by atoms with Gasteiger partial charge in [-0.2, -0.15) is 5.10 Å². The summed E-state index contributed by atoms with van der Waals surface area (Å²) >= 11 is 0. The molecule has 168 valence electrons. The molecule has 2 aromatic carbocycles. The van der Waals surface area contributed by atoms with E-state index in [4.69, 9.17) is 10.1 Å². The first-order valence-electron chi connectivity index (χ1n) is 11.8. The monoisotopic (exact) mass is 431 g/mol. The number of aromatic nitrogens is 3. The summed E-state index contributed by atoms with van der Waals surface area (Å²) in [6.07, 6.45) is 8.35. The Kier molecular flexibility index (Phi) is 7.03. The number of nitrogens with zero attached hydrogens (tertiary/aromatic N) is 3. The van der Waals surface area contributed by atoms with Crippen molar-refractivity contribution in [1.82, 2.24) is 14.8 Å². The van der Waals surface area contributed by atoms with E-state index in [-0.39, 0.29) is 0 Å². The van der Waals surface area contributed by atoms with Crippen LogP contribution in [0.15, 0.2) is 48.5 Å². The lowest BCUT2D eigenvalue weighted by atomic mass is 9.87. The van der Waals surface area contributed by atoms with Gasteiger partial charge >= 0.3 is 5.97 Å². The van der Waals surface area contributed by atoms with Crippen molar-refractivity contribution in [3.05, 3.63) is 71.3 Å². The zero-order valence-corrected chi connectivity index (χ0v) is 19.1. The first-order valence-corrected chi connectivity index (χ1v) is 11.8. The summed E-state index contributed by atoms with van der Waals surface area (Å²) in [4.78, 5) is 16.5. The molecule has 5 heteroatoms. The summed E-state index contributed by atoms with van der Waals surface area (Å²) in [5.41, 5.74) is 3.13. The van der Waals surface area contributed by atoms with Gasteiger partial charge in [0.25, 0.3) is 0 Å². The molecule has 0 atom stereocenters. The molecule has 1 aromatic heterocycles. The Labute approximate surface area is 190 Å². The molecule has 32 heavy (non-hydrogen) atoms. The number of hydrogen-bond donors (Lipinski definition) is 1. The molecule has 1 fully saturated rings. The number of hydrogen-bond acceptors (Lipinski definition) is 3. The van der Waals surface area contributed by atoms with Crippen LogP contribution in [0.1, 0.15) is 73.5 Å². The summed E-state index contributed by atoms with van der Waals surface area (Å²) < 4.78 is 2.09. The summed E-state index contributed by atoms with van der Waals surface area (Å²) in [6.45, 7) is 5.29. The fourth-order valence-corrected chi connectivity index (χ4v) is 4.69. The Bertz CT molecular complexity index is 1050. The van der Waals surface area contributed by atoms with Crippen molar-refractivity contribution < 1.29 is 9.90 Å². The first kappa shape index (κ1) is 22.3. The van der Waals surface area contributed by atoms with Crippen molar-refractivity contribution in [2.24, 2.45) is 11.8 Å². The number of carboxylic acid groups (broad SMARTS) is 1. The molecule has 0 amide bonds. The van der Waals surface area contributed by atoms with Crippen LogP contribution in [-0.2, 0) is 19.4 Å². The van der Waals surface area contributed by atoms with Gasteiger partial charge in [-0.05, 0) is 34.6 Å². The molecule has 0 bridgehead atoms. The van der Waals surface area contributed by atoms with Crippen molar-refractivity contribution >= 4 is 5.97 Å². The molecule has 0 radical (unpaired) electrons. The van der Waals surface area contributed by atoms with Gasteiger partial charge in [0, 0.05) is 19.4 Å². The van der Waals surface area contributed by atoms with Gasteiger partial charge in [0.05, 0.1) is 5.56 Å². The van der Waals surface area contributed by atoms with E-state index in [0.717, 1.165) is 53.6 Å². The SMILES string of the molecule is CC(C)Cn1nc(CC2CCCCC2)nc1Cc1ccc(-c2ccccc2C(=O)O)cc1. The lowest BCUT2D eigenvalue weighted by Crippen LogP contribution is -2.12. The minimum absolute atomic E-state index is 0.323. The molecular weight excluding hydrogens is 398 g/mol. The van der Waals surface area contributed by atoms with E-state index in [9.17, 15) is 9.90 Å². The molecule has 0 aliphatic heterocycles. The highest BCUT2D eigenvalue weighted by Crippen LogP contribution is 2.27. The molecular formula is C27H33N3O2. The molecule has 0 spiro atoms. The minimum Gasteiger partial charge on any atom is -0.478 e. The average Bonchev–Trinajstić information content (AvgIpc) is 3.14. The summed E-state index contributed by atoms with van der Waals surface area (Å²) in [6, 6.07) is 15.3. The Hall–Kier alpha value is -2.95. The number of carbonyl (C=O) groups is 1. The van der Waals surface area contributed by atoms with Crippen LogP contribution >= 0.6 is 0 Å². The molecule has 0 unspecified atom stereocenters. The molecule has 1 heterocycles. The maximum atomic E-state index is 11.6. The van der Waals surface area contributed by atoms with Crippen LogP contribution in [0.5, 0.6) is 0 Å². The molecule has 1 N–H and O–H groups in total. The Morgan fingerprint density at radius 2 is 1.78 bits per heavy atom. The predicted octanol–water partition coefficient (Wildman–Crippen LogP) is 6.01. The van der Waals surface area contributed by atoms with E-state index >= 15 is 0 Å².